The Morgan fingerprint density at radius 2 is 1.87 bits per heavy atom. The molecule has 0 radical (unpaired) electrons. The first-order valence-corrected chi connectivity index (χ1v) is 11.4. The molecule has 0 aromatic heterocycles. The topological polar surface area (TPSA) is 58.6 Å². The fourth-order valence-electron chi connectivity index (χ4n) is 4.81. The van der Waals surface area contributed by atoms with Crippen molar-refractivity contribution in [3.8, 4) is 16.9 Å². The van der Waals surface area contributed by atoms with Crippen LogP contribution in [0.3, 0.4) is 0 Å². The van der Waals surface area contributed by atoms with E-state index in [1.807, 2.05) is 36.1 Å². The largest absolute Gasteiger partial charge is 0.496 e. The van der Waals surface area contributed by atoms with Crippen molar-refractivity contribution in [2.75, 3.05) is 26.7 Å². The van der Waals surface area contributed by atoms with Gasteiger partial charge in [-0.3, -0.25) is 9.59 Å². The fraction of sp³-hybridized carbons (Fsp3) is 0.462. The molecule has 1 atom stereocenters. The summed E-state index contributed by atoms with van der Waals surface area (Å²) in [4.78, 5) is 27.8. The Morgan fingerprint density at radius 1 is 1.13 bits per heavy atom. The van der Waals surface area contributed by atoms with E-state index in [9.17, 15) is 9.59 Å². The molecule has 2 aliphatic rings. The van der Waals surface area contributed by atoms with Gasteiger partial charge in [0.1, 0.15) is 5.75 Å². The van der Waals surface area contributed by atoms with Crippen LogP contribution in [-0.2, 0) is 16.0 Å². The zero-order valence-corrected chi connectivity index (χ0v) is 18.5. The lowest BCUT2D eigenvalue weighted by Crippen LogP contribution is -2.46. The van der Waals surface area contributed by atoms with Crippen LogP contribution in [0, 0.1) is 11.3 Å². The number of amides is 2. The Balaban J connectivity index is 1.53. The van der Waals surface area contributed by atoms with E-state index in [1.165, 1.54) is 0 Å². The maximum atomic E-state index is 13.1. The van der Waals surface area contributed by atoms with Gasteiger partial charge in [-0.2, -0.15) is 0 Å². The fourth-order valence-corrected chi connectivity index (χ4v) is 4.81. The second kappa shape index (κ2) is 9.13. The van der Waals surface area contributed by atoms with E-state index in [0.29, 0.717) is 32.5 Å². The third kappa shape index (κ3) is 4.32. The molecule has 1 N–H and O–H groups in total. The van der Waals surface area contributed by atoms with E-state index in [4.69, 9.17) is 4.74 Å². The summed E-state index contributed by atoms with van der Waals surface area (Å²) in [6.07, 6.45) is 4.48. The normalized spacial score (nSPS) is 20.9. The highest BCUT2D eigenvalue weighted by Gasteiger charge is 2.47. The minimum atomic E-state index is -0.554. The molecule has 0 spiro atoms. The van der Waals surface area contributed by atoms with Crippen LogP contribution in [0.4, 0.5) is 0 Å². The molecule has 1 aliphatic carbocycles. The molecule has 1 heterocycles. The number of hydrogen-bond acceptors (Lipinski definition) is 3. The van der Waals surface area contributed by atoms with Crippen LogP contribution >= 0.6 is 0 Å². The van der Waals surface area contributed by atoms with E-state index in [1.54, 1.807) is 7.11 Å². The minimum absolute atomic E-state index is 0.0627. The molecular weight excluding hydrogens is 388 g/mol. The van der Waals surface area contributed by atoms with Gasteiger partial charge in [0.25, 0.3) is 0 Å². The summed E-state index contributed by atoms with van der Waals surface area (Å²) >= 11 is 0. The third-order valence-electron chi connectivity index (χ3n) is 6.85. The minimum Gasteiger partial charge on any atom is -0.496 e. The molecule has 2 aromatic rings. The number of nitrogens with zero attached hydrogens (tertiary/aromatic N) is 1. The Morgan fingerprint density at radius 3 is 2.52 bits per heavy atom. The van der Waals surface area contributed by atoms with Gasteiger partial charge in [0, 0.05) is 31.1 Å². The number of ether oxygens (including phenoxy) is 1. The summed E-state index contributed by atoms with van der Waals surface area (Å²) in [7, 11) is 1.68. The van der Waals surface area contributed by atoms with E-state index in [2.05, 4.69) is 29.6 Å². The number of carbonyl (C=O) groups is 2. The number of rotatable bonds is 7. The van der Waals surface area contributed by atoms with E-state index >= 15 is 0 Å². The predicted molar refractivity (Wildman–Crippen MR) is 122 cm³/mol. The Bertz CT molecular complexity index is 936. The lowest BCUT2D eigenvalue weighted by molar-refractivity contribution is -0.138. The van der Waals surface area contributed by atoms with E-state index in [0.717, 1.165) is 41.7 Å². The van der Waals surface area contributed by atoms with E-state index < -0.39 is 5.41 Å². The number of methoxy groups -OCH3 is 1. The van der Waals surface area contributed by atoms with Gasteiger partial charge >= 0.3 is 0 Å². The van der Waals surface area contributed by atoms with Crippen LogP contribution in [0.15, 0.2) is 48.5 Å². The standard InChI is InChI=1S/C26H32N2O3/c1-3-27-25(30)26(15-16-28(18-26)24(29)21-7-6-8-21)17-19-11-13-20(14-12-19)22-9-4-5-10-23(22)31-2/h4-5,9-14,21H,3,6-8,15-18H2,1-2H3,(H,27,30). The lowest BCUT2D eigenvalue weighted by Gasteiger charge is -2.31. The molecule has 4 rings (SSSR count). The van der Waals surface area contributed by atoms with Crippen LogP contribution in [0.2, 0.25) is 0 Å². The van der Waals surface area contributed by atoms with Gasteiger partial charge in [0.2, 0.25) is 11.8 Å². The molecular formula is C26H32N2O3. The number of likely N-dealkylation sites (tertiary alicyclic amines) is 1. The number of benzene rings is 2. The van der Waals surface area contributed by atoms with Gasteiger partial charge in [0.05, 0.1) is 12.5 Å². The molecule has 164 valence electrons. The summed E-state index contributed by atoms with van der Waals surface area (Å²) in [6, 6.07) is 16.3. The van der Waals surface area contributed by atoms with Crippen molar-refractivity contribution in [2.24, 2.45) is 11.3 Å². The first-order valence-electron chi connectivity index (χ1n) is 11.4. The molecule has 1 aliphatic heterocycles. The highest BCUT2D eigenvalue weighted by Crippen LogP contribution is 2.38. The third-order valence-corrected chi connectivity index (χ3v) is 6.85. The van der Waals surface area contributed by atoms with Crippen molar-refractivity contribution in [2.45, 2.75) is 39.0 Å². The Hall–Kier alpha value is -2.82. The number of nitrogens with one attached hydrogen (secondary N) is 1. The first-order chi connectivity index (χ1) is 15.1. The SMILES string of the molecule is CCNC(=O)C1(Cc2ccc(-c3ccccc3OC)cc2)CCN(C(=O)C2CCC2)C1. The summed E-state index contributed by atoms with van der Waals surface area (Å²) in [5.74, 6) is 1.32. The van der Waals surface area contributed by atoms with E-state index in [-0.39, 0.29) is 17.7 Å². The molecule has 31 heavy (non-hydrogen) atoms. The van der Waals surface area contributed by atoms with Crippen LogP contribution in [0.5, 0.6) is 5.75 Å². The van der Waals surface area contributed by atoms with Crippen molar-refractivity contribution in [3.63, 3.8) is 0 Å². The average molecular weight is 421 g/mol. The van der Waals surface area contributed by atoms with Crippen molar-refractivity contribution in [1.82, 2.24) is 10.2 Å². The van der Waals surface area contributed by atoms with Crippen LogP contribution in [0.25, 0.3) is 11.1 Å². The lowest BCUT2D eigenvalue weighted by atomic mass is 9.79. The molecule has 2 aromatic carbocycles. The van der Waals surface area contributed by atoms with Crippen LogP contribution < -0.4 is 10.1 Å². The molecule has 5 heteroatoms. The van der Waals surface area contributed by atoms with Crippen molar-refractivity contribution in [1.29, 1.82) is 0 Å². The van der Waals surface area contributed by atoms with Gasteiger partial charge < -0.3 is 15.0 Å². The van der Waals surface area contributed by atoms with Gasteiger partial charge in [-0.25, -0.2) is 0 Å². The Kier molecular flexibility index (Phi) is 6.30. The van der Waals surface area contributed by atoms with Gasteiger partial charge in [-0.15, -0.1) is 0 Å². The summed E-state index contributed by atoms with van der Waals surface area (Å²) in [5, 5.41) is 3.02. The molecule has 1 saturated carbocycles. The molecule has 2 amide bonds. The monoisotopic (exact) mass is 420 g/mol. The zero-order chi connectivity index (χ0) is 21.8. The highest BCUT2D eigenvalue weighted by molar-refractivity contribution is 5.86. The molecule has 0 bridgehead atoms. The summed E-state index contributed by atoms with van der Waals surface area (Å²) in [5.41, 5.74) is 2.69. The summed E-state index contributed by atoms with van der Waals surface area (Å²) in [6.45, 7) is 3.73. The van der Waals surface area contributed by atoms with Crippen molar-refractivity contribution < 1.29 is 14.3 Å². The highest BCUT2D eigenvalue weighted by atomic mass is 16.5. The first kappa shape index (κ1) is 21.4. The average Bonchev–Trinajstić information content (AvgIpc) is 3.19. The predicted octanol–water partition coefficient (Wildman–Crippen LogP) is 4.06. The number of carbonyl (C=O) groups excluding carboxylic acids is 2. The molecule has 1 unspecified atom stereocenters. The van der Waals surface area contributed by atoms with Gasteiger partial charge in [-0.1, -0.05) is 48.9 Å². The maximum absolute atomic E-state index is 13.1. The second-order valence-corrected chi connectivity index (χ2v) is 8.85. The second-order valence-electron chi connectivity index (χ2n) is 8.85. The van der Waals surface area contributed by atoms with Crippen molar-refractivity contribution >= 4 is 11.8 Å². The number of para-hydroxylation sites is 1. The molecule has 1 saturated heterocycles. The molecule has 2 fully saturated rings. The van der Waals surface area contributed by atoms with Crippen LogP contribution in [-0.4, -0.2) is 43.5 Å². The number of hydrogen-bond donors (Lipinski definition) is 1. The quantitative estimate of drug-likeness (QED) is 0.735. The zero-order valence-electron chi connectivity index (χ0n) is 18.5. The van der Waals surface area contributed by atoms with Crippen LogP contribution in [0.1, 0.15) is 38.2 Å². The van der Waals surface area contributed by atoms with Gasteiger partial charge in [-0.05, 0) is 49.8 Å². The maximum Gasteiger partial charge on any atom is 0.228 e. The Labute approximate surface area is 184 Å². The smallest absolute Gasteiger partial charge is 0.228 e. The summed E-state index contributed by atoms with van der Waals surface area (Å²) < 4.78 is 5.49. The van der Waals surface area contributed by atoms with Crippen molar-refractivity contribution in [3.05, 3.63) is 54.1 Å². The molecule has 5 nitrogen and oxygen atoms in total. The van der Waals surface area contributed by atoms with Gasteiger partial charge in [0.15, 0.2) is 0 Å².